The number of benzene rings is 1. The second-order valence-electron chi connectivity index (χ2n) is 4.24. The number of nitrogens with zero attached hydrogens (tertiary/aromatic N) is 1. The molecule has 1 fully saturated rings. The molecule has 0 saturated carbocycles. The minimum absolute atomic E-state index is 0.188. The van der Waals surface area contributed by atoms with Crippen molar-refractivity contribution in [1.82, 2.24) is 10.3 Å². The quantitative estimate of drug-likeness (QED) is 0.852. The van der Waals surface area contributed by atoms with Gasteiger partial charge in [0, 0.05) is 12.6 Å². The molecule has 1 aliphatic rings. The smallest absolute Gasteiger partial charge is 0.121 e. The summed E-state index contributed by atoms with van der Waals surface area (Å²) in [5, 5.41) is 13.8. The topological polar surface area (TPSA) is 54.4 Å². The molecule has 4 nitrogen and oxygen atoms in total. The van der Waals surface area contributed by atoms with Crippen LogP contribution in [0, 0.1) is 0 Å². The number of methoxy groups -OCH3 is 1. The van der Waals surface area contributed by atoms with Gasteiger partial charge in [-0.3, -0.25) is 0 Å². The van der Waals surface area contributed by atoms with Crippen LogP contribution in [0.25, 0.3) is 10.2 Å². The van der Waals surface area contributed by atoms with Gasteiger partial charge in [0.15, 0.2) is 0 Å². The number of rotatable bonds is 2. The van der Waals surface area contributed by atoms with Gasteiger partial charge in [-0.05, 0) is 18.6 Å². The number of thiazole rings is 1. The summed E-state index contributed by atoms with van der Waals surface area (Å²) in [6, 6.07) is 6.11. The van der Waals surface area contributed by atoms with E-state index >= 15 is 0 Å². The van der Waals surface area contributed by atoms with E-state index in [9.17, 15) is 5.11 Å². The van der Waals surface area contributed by atoms with Gasteiger partial charge in [0.1, 0.15) is 10.8 Å². The van der Waals surface area contributed by atoms with Gasteiger partial charge in [-0.1, -0.05) is 0 Å². The SMILES string of the molecule is COc1ccc2sc([C@@H]3C[C@@H](O)CN3)nc2c1. The predicted molar refractivity (Wildman–Crippen MR) is 67.5 cm³/mol. The third-order valence-corrected chi connectivity index (χ3v) is 4.17. The Morgan fingerprint density at radius 2 is 2.41 bits per heavy atom. The Kier molecular flexibility index (Phi) is 2.74. The summed E-state index contributed by atoms with van der Waals surface area (Å²) >= 11 is 1.68. The Morgan fingerprint density at radius 1 is 1.53 bits per heavy atom. The first-order chi connectivity index (χ1) is 8.26. The molecule has 90 valence electrons. The fourth-order valence-electron chi connectivity index (χ4n) is 2.11. The van der Waals surface area contributed by atoms with Crippen molar-refractivity contribution in [1.29, 1.82) is 0 Å². The molecule has 0 unspecified atom stereocenters. The molecule has 2 aromatic rings. The number of hydrogen-bond donors (Lipinski definition) is 2. The molecule has 0 aliphatic carbocycles. The minimum atomic E-state index is -0.249. The number of aliphatic hydroxyl groups excluding tert-OH is 1. The first-order valence-electron chi connectivity index (χ1n) is 5.62. The molecule has 1 aliphatic heterocycles. The Balaban J connectivity index is 1.96. The highest BCUT2D eigenvalue weighted by Crippen LogP contribution is 2.32. The van der Waals surface area contributed by atoms with Gasteiger partial charge in [-0.25, -0.2) is 4.98 Å². The molecule has 2 N–H and O–H groups in total. The Hall–Kier alpha value is -1.17. The van der Waals surface area contributed by atoms with E-state index in [0.717, 1.165) is 27.4 Å². The molecule has 5 heteroatoms. The van der Waals surface area contributed by atoms with Crippen LogP contribution in [-0.2, 0) is 0 Å². The summed E-state index contributed by atoms with van der Waals surface area (Å²) in [5.74, 6) is 0.828. The monoisotopic (exact) mass is 250 g/mol. The maximum absolute atomic E-state index is 9.51. The van der Waals surface area contributed by atoms with Gasteiger partial charge < -0.3 is 15.2 Å². The second kappa shape index (κ2) is 4.25. The molecule has 1 saturated heterocycles. The molecule has 1 aromatic heterocycles. The number of fused-ring (bicyclic) bond motifs is 1. The van der Waals surface area contributed by atoms with Crippen LogP contribution < -0.4 is 10.1 Å². The van der Waals surface area contributed by atoms with Crippen molar-refractivity contribution in [3.8, 4) is 5.75 Å². The van der Waals surface area contributed by atoms with Gasteiger partial charge in [0.05, 0.1) is 29.5 Å². The number of aliphatic hydroxyl groups is 1. The van der Waals surface area contributed by atoms with Crippen LogP contribution in [-0.4, -0.2) is 29.8 Å². The Labute approximate surface area is 103 Å². The van der Waals surface area contributed by atoms with Crippen molar-refractivity contribution < 1.29 is 9.84 Å². The summed E-state index contributed by atoms with van der Waals surface area (Å²) in [7, 11) is 1.66. The van der Waals surface area contributed by atoms with E-state index in [1.165, 1.54) is 0 Å². The minimum Gasteiger partial charge on any atom is -0.497 e. The van der Waals surface area contributed by atoms with E-state index in [1.807, 2.05) is 18.2 Å². The van der Waals surface area contributed by atoms with Crippen molar-refractivity contribution in [2.75, 3.05) is 13.7 Å². The lowest BCUT2D eigenvalue weighted by atomic mass is 10.2. The van der Waals surface area contributed by atoms with Crippen molar-refractivity contribution >= 4 is 21.6 Å². The summed E-state index contributed by atoms with van der Waals surface area (Å²) in [6.45, 7) is 0.657. The van der Waals surface area contributed by atoms with Crippen molar-refractivity contribution in [3.63, 3.8) is 0 Å². The average Bonchev–Trinajstić information content (AvgIpc) is 2.93. The second-order valence-corrected chi connectivity index (χ2v) is 5.30. The molecular formula is C12H14N2O2S. The molecule has 0 bridgehead atoms. The standard InChI is InChI=1S/C12H14N2O2S/c1-16-8-2-3-11-9(5-8)14-12(17-11)10-4-7(15)6-13-10/h2-3,5,7,10,13,15H,4,6H2,1H3/t7-,10+/m1/s1. The van der Waals surface area contributed by atoms with E-state index in [1.54, 1.807) is 18.4 Å². The molecule has 3 rings (SSSR count). The molecule has 1 aromatic carbocycles. The maximum atomic E-state index is 9.51. The molecular weight excluding hydrogens is 236 g/mol. The van der Waals surface area contributed by atoms with E-state index < -0.39 is 0 Å². The van der Waals surface area contributed by atoms with Crippen LogP contribution in [0.4, 0.5) is 0 Å². The van der Waals surface area contributed by atoms with Crippen LogP contribution in [0.15, 0.2) is 18.2 Å². The molecule has 17 heavy (non-hydrogen) atoms. The van der Waals surface area contributed by atoms with Crippen LogP contribution in [0.1, 0.15) is 17.5 Å². The Bertz CT molecular complexity index is 540. The summed E-state index contributed by atoms with van der Waals surface area (Å²) in [6.07, 6.45) is 0.498. The van der Waals surface area contributed by atoms with Gasteiger partial charge >= 0.3 is 0 Å². The first kappa shape index (κ1) is 11.0. The van der Waals surface area contributed by atoms with Gasteiger partial charge in [-0.15, -0.1) is 11.3 Å². The molecule has 2 atom stereocenters. The first-order valence-corrected chi connectivity index (χ1v) is 6.44. The van der Waals surface area contributed by atoms with Crippen LogP contribution in [0.2, 0.25) is 0 Å². The fraction of sp³-hybridized carbons (Fsp3) is 0.417. The number of β-amino-alcohol motifs (C(OH)–C–C–N with tert-alkyl or cyclic N) is 1. The highest BCUT2D eigenvalue weighted by molar-refractivity contribution is 7.18. The van der Waals surface area contributed by atoms with E-state index in [4.69, 9.17) is 4.74 Å². The fourth-order valence-corrected chi connectivity index (χ4v) is 3.14. The molecule has 0 radical (unpaired) electrons. The maximum Gasteiger partial charge on any atom is 0.121 e. The van der Waals surface area contributed by atoms with E-state index in [-0.39, 0.29) is 12.1 Å². The largest absolute Gasteiger partial charge is 0.497 e. The average molecular weight is 250 g/mol. The normalized spacial score (nSPS) is 24.4. The number of nitrogens with one attached hydrogen (secondary N) is 1. The van der Waals surface area contributed by atoms with E-state index in [0.29, 0.717) is 6.54 Å². The number of hydrogen-bond acceptors (Lipinski definition) is 5. The highest BCUT2D eigenvalue weighted by Gasteiger charge is 2.26. The van der Waals surface area contributed by atoms with E-state index in [2.05, 4.69) is 10.3 Å². The zero-order valence-electron chi connectivity index (χ0n) is 9.51. The third-order valence-electron chi connectivity index (χ3n) is 3.02. The summed E-state index contributed by atoms with van der Waals surface area (Å²) < 4.78 is 6.34. The number of aromatic nitrogens is 1. The van der Waals surface area contributed by atoms with Crippen LogP contribution >= 0.6 is 11.3 Å². The highest BCUT2D eigenvalue weighted by atomic mass is 32.1. The predicted octanol–water partition coefficient (Wildman–Crippen LogP) is 1.70. The lowest BCUT2D eigenvalue weighted by molar-refractivity contribution is 0.193. The van der Waals surface area contributed by atoms with Gasteiger partial charge in [0.25, 0.3) is 0 Å². The summed E-state index contributed by atoms with van der Waals surface area (Å²) in [4.78, 5) is 4.60. The van der Waals surface area contributed by atoms with Crippen LogP contribution in [0.3, 0.4) is 0 Å². The number of ether oxygens (including phenoxy) is 1. The zero-order valence-corrected chi connectivity index (χ0v) is 10.3. The van der Waals surface area contributed by atoms with Crippen LogP contribution in [0.5, 0.6) is 5.75 Å². The van der Waals surface area contributed by atoms with Gasteiger partial charge in [0.2, 0.25) is 0 Å². The molecule has 0 spiro atoms. The van der Waals surface area contributed by atoms with Crippen molar-refractivity contribution in [2.24, 2.45) is 0 Å². The summed E-state index contributed by atoms with van der Waals surface area (Å²) in [5.41, 5.74) is 0.965. The molecule has 0 amide bonds. The van der Waals surface area contributed by atoms with Gasteiger partial charge in [-0.2, -0.15) is 0 Å². The lowest BCUT2D eigenvalue weighted by Gasteiger charge is -2.03. The van der Waals surface area contributed by atoms with Crippen molar-refractivity contribution in [3.05, 3.63) is 23.2 Å². The third kappa shape index (κ3) is 2.01. The molecule has 2 heterocycles. The zero-order chi connectivity index (χ0) is 11.8. The van der Waals surface area contributed by atoms with Crippen molar-refractivity contribution in [2.45, 2.75) is 18.6 Å². The lowest BCUT2D eigenvalue weighted by Crippen LogP contribution is -2.14. The Morgan fingerprint density at radius 3 is 3.12 bits per heavy atom.